The zero-order chi connectivity index (χ0) is 9.97. The first-order valence-electron chi connectivity index (χ1n) is 4.39. The van der Waals surface area contributed by atoms with Gasteiger partial charge in [-0.1, -0.05) is 17.6 Å². The molecule has 0 aliphatic rings. The van der Waals surface area contributed by atoms with Crippen LogP contribution in [0.5, 0.6) is 0 Å². The first-order valence-corrected chi connectivity index (χ1v) is 4.39. The molecule has 2 nitrogen and oxygen atoms in total. The lowest BCUT2D eigenvalue weighted by Crippen LogP contribution is -1.71. The van der Waals surface area contributed by atoms with Crippen LogP contribution in [0.1, 0.15) is 11.3 Å². The van der Waals surface area contributed by atoms with Gasteiger partial charge in [0.05, 0.1) is 0 Å². The summed E-state index contributed by atoms with van der Waals surface area (Å²) < 4.78 is 5.44. The lowest BCUT2D eigenvalue weighted by atomic mass is 10.2. The Labute approximate surface area is 82.2 Å². The van der Waals surface area contributed by atoms with E-state index in [0.717, 1.165) is 11.0 Å². The second-order valence-corrected chi connectivity index (χ2v) is 3.11. The van der Waals surface area contributed by atoms with Gasteiger partial charge in [0.1, 0.15) is 12.2 Å². The van der Waals surface area contributed by atoms with Crippen LogP contribution in [0.15, 0.2) is 28.7 Å². The predicted molar refractivity (Wildman–Crippen MR) is 54.9 cm³/mol. The van der Waals surface area contributed by atoms with Crippen molar-refractivity contribution in [1.82, 2.24) is 0 Å². The Bertz CT molecular complexity index is 512. The predicted octanol–water partition coefficient (Wildman–Crippen LogP) is 2.09. The second kappa shape index (κ2) is 3.57. The number of furan rings is 1. The Kier molecular flexibility index (Phi) is 2.26. The molecule has 1 N–H and O–H groups in total. The van der Waals surface area contributed by atoms with Crippen molar-refractivity contribution in [3.63, 3.8) is 0 Å². The molecule has 0 aliphatic carbocycles. The Morgan fingerprint density at radius 2 is 2.21 bits per heavy atom. The molecule has 0 amide bonds. The molecule has 1 aromatic carbocycles. The van der Waals surface area contributed by atoms with Crippen LogP contribution < -0.4 is 0 Å². The summed E-state index contributed by atoms with van der Waals surface area (Å²) in [5.41, 5.74) is 2.03. The number of aliphatic hydroxyl groups excluding tert-OH is 1. The number of fused-ring (bicyclic) bond motifs is 1. The van der Waals surface area contributed by atoms with E-state index in [9.17, 15) is 0 Å². The molecular weight excluding hydrogens is 176 g/mol. The molecule has 0 spiro atoms. The van der Waals surface area contributed by atoms with Gasteiger partial charge in [0, 0.05) is 11.5 Å². The summed E-state index contributed by atoms with van der Waals surface area (Å²) in [4.78, 5) is 0. The maximum Gasteiger partial charge on any atom is 0.178 e. The van der Waals surface area contributed by atoms with Crippen LogP contribution in [0, 0.1) is 18.8 Å². The largest absolute Gasteiger partial charge is 0.448 e. The number of aliphatic hydroxyl groups is 1. The SMILES string of the molecule is Cc1ccc2oc(C#CCO)cc2c1. The molecule has 1 heterocycles. The van der Waals surface area contributed by atoms with Crippen LogP contribution in [0.3, 0.4) is 0 Å². The van der Waals surface area contributed by atoms with E-state index >= 15 is 0 Å². The molecule has 0 saturated heterocycles. The van der Waals surface area contributed by atoms with Crippen molar-refractivity contribution in [1.29, 1.82) is 0 Å². The average Bonchev–Trinajstić information content (AvgIpc) is 2.56. The molecule has 0 radical (unpaired) electrons. The quantitative estimate of drug-likeness (QED) is 0.639. The molecule has 2 aromatic rings. The maximum absolute atomic E-state index is 8.53. The van der Waals surface area contributed by atoms with E-state index in [1.807, 2.05) is 31.2 Å². The van der Waals surface area contributed by atoms with Gasteiger partial charge in [0.15, 0.2) is 5.76 Å². The molecule has 0 fully saturated rings. The minimum atomic E-state index is -0.143. The van der Waals surface area contributed by atoms with E-state index < -0.39 is 0 Å². The summed E-state index contributed by atoms with van der Waals surface area (Å²) in [6.07, 6.45) is 0. The fourth-order valence-corrected chi connectivity index (χ4v) is 1.35. The molecule has 0 unspecified atom stereocenters. The minimum absolute atomic E-state index is 0.143. The summed E-state index contributed by atoms with van der Waals surface area (Å²) in [7, 11) is 0. The van der Waals surface area contributed by atoms with Gasteiger partial charge in [-0.3, -0.25) is 0 Å². The molecular formula is C12H10O2. The summed E-state index contributed by atoms with van der Waals surface area (Å²) in [5.74, 6) is 5.89. The van der Waals surface area contributed by atoms with Crippen LogP contribution in [-0.2, 0) is 0 Å². The summed E-state index contributed by atoms with van der Waals surface area (Å²) in [5, 5.41) is 9.58. The van der Waals surface area contributed by atoms with E-state index in [0.29, 0.717) is 5.76 Å². The third kappa shape index (κ3) is 1.63. The number of aryl methyl sites for hydroxylation is 1. The topological polar surface area (TPSA) is 33.4 Å². The smallest absolute Gasteiger partial charge is 0.178 e. The van der Waals surface area contributed by atoms with Crippen molar-refractivity contribution < 1.29 is 9.52 Å². The third-order valence-corrected chi connectivity index (χ3v) is 1.96. The Morgan fingerprint density at radius 1 is 1.36 bits per heavy atom. The third-order valence-electron chi connectivity index (χ3n) is 1.96. The van der Waals surface area contributed by atoms with Crippen LogP contribution in [0.2, 0.25) is 0 Å². The van der Waals surface area contributed by atoms with Crippen molar-refractivity contribution in [3.8, 4) is 11.8 Å². The van der Waals surface area contributed by atoms with Gasteiger partial charge in [-0.05, 0) is 25.0 Å². The lowest BCUT2D eigenvalue weighted by Gasteiger charge is -1.89. The summed E-state index contributed by atoms with van der Waals surface area (Å²) >= 11 is 0. The van der Waals surface area contributed by atoms with E-state index in [1.165, 1.54) is 5.56 Å². The molecule has 14 heavy (non-hydrogen) atoms. The minimum Gasteiger partial charge on any atom is -0.448 e. The first kappa shape index (κ1) is 8.86. The van der Waals surface area contributed by atoms with E-state index in [4.69, 9.17) is 9.52 Å². The summed E-state index contributed by atoms with van der Waals surface area (Å²) in [6, 6.07) is 7.85. The number of hydrogen-bond acceptors (Lipinski definition) is 2. The van der Waals surface area contributed by atoms with Crippen molar-refractivity contribution in [2.24, 2.45) is 0 Å². The lowest BCUT2D eigenvalue weighted by molar-refractivity contribution is 0.350. The summed E-state index contributed by atoms with van der Waals surface area (Å²) in [6.45, 7) is 1.89. The van der Waals surface area contributed by atoms with Crippen molar-refractivity contribution >= 4 is 11.0 Å². The second-order valence-electron chi connectivity index (χ2n) is 3.11. The first-order chi connectivity index (χ1) is 6.79. The Hall–Kier alpha value is -1.72. The number of benzene rings is 1. The molecule has 0 aliphatic heterocycles. The Morgan fingerprint density at radius 3 is 3.00 bits per heavy atom. The highest BCUT2D eigenvalue weighted by atomic mass is 16.3. The maximum atomic E-state index is 8.53. The molecule has 0 saturated carbocycles. The van der Waals surface area contributed by atoms with Crippen molar-refractivity contribution in [2.45, 2.75) is 6.92 Å². The number of rotatable bonds is 0. The van der Waals surface area contributed by atoms with Gasteiger partial charge in [0.25, 0.3) is 0 Å². The monoisotopic (exact) mass is 186 g/mol. The van der Waals surface area contributed by atoms with Crippen LogP contribution >= 0.6 is 0 Å². The molecule has 2 rings (SSSR count). The molecule has 0 atom stereocenters. The van der Waals surface area contributed by atoms with E-state index in [1.54, 1.807) is 0 Å². The van der Waals surface area contributed by atoms with Gasteiger partial charge in [0.2, 0.25) is 0 Å². The average molecular weight is 186 g/mol. The van der Waals surface area contributed by atoms with Gasteiger partial charge in [-0.25, -0.2) is 0 Å². The normalized spacial score (nSPS) is 9.86. The highest BCUT2D eigenvalue weighted by Gasteiger charge is 2.00. The Balaban J connectivity index is 2.51. The zero-order valence-corrected chi connectivity index (χ0v) is 7.87. The molecule has 0 bridgehead atoms. The van der Waals surface area contributed by atoms with Gasteiger partial charge >= 0.3 is 0 Å². The molecule has 2 heteroatoms. The number of hydrogen-bond donors (Lipinski definition) is 1. The van der Waals surface area contributed by atoms with Crippen molar-refractivity contribution in [3.05, 3.63) is 35.6 Å². The van der Waals surface area contributed by atoms with E-state index in [-0.39, 0.29) is 6.61 Å². The van der Waals surface area contributed by atoms with E-state index in [2.05, 4.69) is 11.8 Å². The highest BCUT2D eigenvalue weighted by Crippen LogP contribution is 2.19. The standard InChI is InChI=1S/C12H10O2/c1-9-4-5-12-10(7-9)8-11(14-12)3-2-6-13/h4-5,7-8,13H,6H2,1H3. The van der Waals surface area contributed by atoms with Crippen LogP contribution in [0.25, 0.3) is 11.0 Å². The molecule has 1 aromatic heterocycles. The fourth-order valence-electron chi connectivity index (χ4n) is 1.35. The highest BCUT2D eigenvalue weighted by molar-refractivity contribution is 5.79. The van der Waals surface area contributed by atoms with Gasteiger partial charge < -0.3 is 9.52 Å². The van der Waals surface area contributed by atoms with Crippen molar-refractivity contribution in [2.75, 3.05) is 6.61 Å². The van der Waals surface area contributed by atoms with Crippen LogP contribution in [0.4, 0.5) is 0 Å². The van der Waals surface area contributed by atoms with Crippen LogP contribution in [-0.4, -0.2) is 11.7 Å². The molecule has 70 valence electrons. The fraction of sp³-hybridized carbons (Fsp3) is 0.167. The zero-order valence-electron chi connectivity index (χ0n) is 7.87. The van der Waals surface area contributed by atoms with Gasteiger partial charge in [-0.2, -0.15) is 0 Å². The van der Waals surface area contributed by atoms with Gasteiger partial charge in [-0.15, -0.1) is 0 Å².